The van der Waals surface area contributed by atoms with Crippen LogP contribution in [0.25, 0.3) is 0 Å². The lowest BCUT2D eigenvalue weighted by molar-refractivity contribution is -0.136. The molecule has 2 fully saturated rings. The fraction of sp³-hybridized carbons (Fsp3) is 0.655. The summed E-state index contributed by atoms with van der Waals surface area (Å²) in [5.74, 6) is 3.08. The SMILES string of the molecule is COc1ccc2c(c1)CC[C@H]1[C@@H]2CC[C@@]2(C)[C@@H](NCCCCCCN3C(=O)C=CC3=O)CC[C@@H]12. The molecular formula is C29H40N2O3. The minimum atomic E-state index is -0.161. The first-order chi connectivity index (χ1) is 16.5. The van der Waals surface area contributed by atoms with Crippen molar-refractivity contribution in [3.8, 4) is 5.75 Å². The highest BCUT2D eigenvalue weighted by molar-refractivity contribution is 6.12. The van der Waals surface area contributed by atoms with Crippen LogP contribution in [0.15, 0.2) is 30.4 Å². The van der Waals surface area contributed by atoms with E-state index in [1.54, 1.807) is 12.7 Å². The Morgan fingerprint density at radius 2 is 1.82 bits per heavy atom. The number of hydrogen-bond acceptors (Lipinski definition) is 4. The third-order valence-corrected chi connectivity index (χ3v) is 9.53. The Labute approximate surface area is 204 Å². The number of methoxy groups -OCH3 is 1. The fourth-order valence-electron chi connectivity index (χ4n) is 7.70. The van der Waals surface area contributed by atoms with Crippen LogP contribution in [0.5, 0.6) is 5.75 Å². The molecule has 0 aromatic heterocycles. The number of unbranched alkanes of at least 4 members (excludes halogenated alkanes) is 3. The highest BCUT2D eigenvalue weighted by Gasteiger charge is 2.54. The molecule has 0 spiro atoms. The second-order valence-corrected chi connectivity index (χ2v) is 11.2. The number of nitrogens with one attached hydrogen (secondary N) is 1. The average Bonchev–Trinajstić information content (AvgIpc) is 3.36. The first kappa shape index (κ1) is 23.6. The molecule has 1 aromatic carbocycles. The van der Waals surface area contributed by atoms with E-state index in [0.29, 0.717) is 18.0 Å². The van der Waals surface area contributed by atoms with Crippen molar-refractivity contribution < 1.29 is 14.3 Å². The van der Waals surface area contributed by atoms with Crippen molar-refractivity contribution in [1.29, 1.82) is 0 Å². The van der Waals surface area contributed by atoms with Gasteiger partial charge < -0.3 is 10.1 Å². The number of aryl methyl sites for hydroxylation is 1. The number of carbonyl (C=O) groups is 2. The molecule has 3 aliphatic carbocycles. The van der Waals surface area contributed by atoms with E-state index in [-0.39, 0.29) is 11.8 Å². The van der Waals surface area contributed by atoms with Crippen molar-refractivity contribution in [2.45, 2.75) is 83.1 Å². The molecule has 5 nitrogen and oxygen atoms in total. The zero-order chi connectivity index (χ0) is 23.7. The van der Waals surface area contributed by atoms with E-state index >= 15 is 0 Å². The van der Waals surface area contributed by atoms with Gasteiger partial charge in [0.15, 0.2) is 0 Å². The molecule has 5 atom stereocenters. The molecule has 0 radical (unpaired) electrons. The minimum Gasteiger partial charge on any atom is -0.497 e. The monoisotopic (exact) mass is 464 g/mol. The highest BCUT2D eigenvalue weighted by Crippen LogP contribution is 2.61. The number of nitrogens with zero attached hydrogens (tertiary/aromatic N) is 1. The largest absolute Gasteiger partial charge is 0.497 e. The standard InChI is InChI=1S/C29H40N2O3/c1-29-16-15-23-22-10-8-21(34-2)19-20(22)7-9-24(23)25(29)11-12-26(29)30-17-5-3-4-6-18-31-27(32)13-14-28(31)33/h8,10,13-14,19,23-26,30H,3-7,9,11-12,15-18H2,1-2H3/t23-,24+,25+,26+,29-/m1/s1. The molecule has 2 amide bonds. The number of imide groups is 1. The van der Waals surface area contributed by atoms with Gasteiger partial charge in [-0.25, -0.2) is 0 Å². The van der Waals surface area contributed by atoms with Gasteiger partial charge in [-0.1, -0.05) is 25.8 Å². The lowest BCUT2D eigenvalue weighted by atomic mass is 9.55. The smallest absolute Gasteiger partial charge is 0.253 e. The summed E-state index contributed by atoms with van der Waals surface area (Å²) in [6.45, 7) is 4.20. The normalized spacial score (nSPS) is 32.0. The van der Waals surface area contributed by atoms with Gasteiger partial charge in [-0.2, -0.15) is 0 Å². The van der Waals surface area contributed by atoms with Crippen molar-refractivity contribution >= 4 is 11.8 Å². The topological polar surface area (TPSA) is 58.6 Å². The van der Waals surface area contributed by atoms with Crippen LogP contribution >= 0.6 is 0 Å². The lowest BCUT2D eigenvalue weighted by Gasteiger charge is -2.51. The van der Waals surface area contributed by atoms with Crippen LogP contribution in [-0.2, 0) is 16.0 Å². The van der Waals surface area contributed by atoms with Crippen molar-refractivity contribution in [2.75, 3.05) is 20.2 Å². The first-order valence-corrected chi connectivity index (χ1v) is 13.4. The van der Waals surface area contributed by atoms with E-state index < -0.39 is 0 Å². The number of benzene rings is 1. The molecule has 4 aliphatic rings. The second kappa shape index (κ2) is 9.85. The Bertz CT molecular complexity index is 939. The number of carbonyl (C=O) groups excluding carboxylic acids is 2. The van der Waals surface area contributed by atoms with E-state index in [2.05, 4.69) is 30.4 Å². The molecule has 5 heteroatoms. The maximum absolute atomic E-state index is 11.6. The van der Waals surface area contributed by atoms with Gasteiger partial charge in [-0.15, -0.1) is 0 Å². The molecule has 1 N–H and O–H groups in total. The molecule has 1 aliphatic heterocycles. The van der Waals surface area contributed by atoms with E-state index in [1.165, 1.54) is 67.6 Å². The van der Waals surface area contributed by atoms with Gasteiger partial charge in [0.2, 0.25) is 0 Å². The zero-order valence-corrected chi connectivity index (χ0v) is 20.9. The molecule has 0 saturated heterocycles. The Balaban J connectivity index is 1.08. The quantitative estimate of drug-likeness (QED) is 0.413. The van der Waals surface area contributed by atoms with Gasteiger partial charge >= 0.3 is 0 Å². The van der Waals surface area contributed by atoms with Crippen LogP contribution in [0.1, 0.15) is 81.8 Å². The summed E-state index contributed by atoms with van der Waals surface area (Å²) < 4.78 is 5.48. The molecular weight excluding hydrogens is 424 g/mol. The Morgan fingerprint density at radius 3 is 2.62 bits per heavy atom. The maximum atomic E-state index is 11.6. The number of fused-ring (bicyclic) bond motifs is 5. The molecule has 1 aromatic rings. The van der Waals surface area contributed by atoms with Crippen LogP contribution in [0.2, 0.25) is 0 Å². The maximum Gasteiger partial charge on any atom is 0.253 e. The van der Waals surface area contributed by atoms with Crippen LogP contribution in [0.3, 0.4) is 0 Å². The van der Waals surface area contributed by atoms with E-state index in [4.69, 9.17) is 4.74 Å². The Kier molecular flexibility index (Phi) is 6.83. The van der Waals surface area contributed by atoms with Crippen molar-refractivity contribution in [1.82, 2.24) is 10.2 Å². The van der Waals surface area contributed by atoms with Crippen molar-refractivity contribution in [3.63, 3.8) is 0 Å². The summed E-state index contributed by atoms with van der Waals surface area (Å²) in [7, 11) is 1.77. The second-order valence-electron chi connectivity index (χ2n) is 11.2. The van der Waals surface area contributed by atoms with Gasteiger partial charge in [0.05, 0.1) is 7.11 Å². The minimum absolute atomic E-state index is 0.161. The summed E-state index contributed by atoms with van der Waals surface area (Å²) in [5, 5.41) is 3.95. The van der Waals surface area contributed by atoms with E-state index in [9.17, 15) is 9.59 Å². The van der Waals surface area contributed by atoms with E-state index in [0.717, 1.165) is 49.3 Å². The Hall–Kier alpha value is -2.14. The summed E-state index contributed by atoms with van der Waals surface area (Å²) in [6.07, 6.45) is 14.9. The van der Waals surface area contributed by atoms with Crippen LogP contribution < -0.4 is 10.1 Å². The number of rotatable bonds is 9. The molecule has 1 heterocycles. The lowest BCUT2D eigenvalue weighted by Crippen LogP contribution is -2.48. The zero-order valence-electron chi connectivity index (χ0n) is 20.9. The molecule has 34 heavy (non-hydrogen) atoms. The predicted octanol–water partition coefficient (Wildman–Crippen LogP) is 4.99. The molecule has 0 unspecified atom stereocenters. The van der Waals surface area contributed by atoms with Crippen LogP contribution in [0, 0.1) is 17.3 Å². The first-order valence-electron chi connectivity index (χ1n) is 13.4. The number of hydrogen-bond donors (Lipinski definition) is 1. The molecule has 2 saturated carbocycles. The Morgan fingerprint density at radius 1 is 1.03 bits per heavy atom. The van der Waals surface area contributed by atoms with Crippen molar-refractivity contribution in [3.05, 3.63) is 41.5 Å². The van der Waals surface area contributed by atoms with E-state index in [1.807, 2.05) is 0 Å². The summed E-state index contributed by atoms with van der Waals surface area (Å²) >= 11 is 0. The fourth-order valence-corrected chi connectivity index (χ4v) is 7.70. The van der Waals surface area contributed by atoms with Gasteiger partial charge in [0.25, 0.3) is 11.8 Å². The summed E-state index contributed by atoms with van der Waals surface area (Å²) in [6, 6.07) is 7.42. The number of ether oxygens (including phenoxy) is 1. The molecule has 5 rings (SSSR count). The van der Waals surface area contributed by atoms with Gasteiger partial charge in [-0.3, -0.25) is 14.5 Å². The summed E-state index contributed by atoms with van der Waals surface area (Å²) in [4.78, 5) is 24.6. The van der Waals surface area contributed by atoms with Crippen LogP contribution in [-0.4, -0.2) is 43.0 Å². The third-order valence-electron chi connectivity index (χ3n) is 9.53. The van der Waals surface area contributed by atoms with Gasteiger partial charge in [0.1, 0.15) is 5.75 Å². The van der Waals surface area contributed by atoms with Crippen molar-refractivity contribution in [2.24, 2.45) is 17.3 Å². The van der Waals surface area contributed by atoms with Gasteiger partial charge in [-0.05, 0) is 104 Å². The third kappa shape index (κ3) is 4.32. The number of amides is 2. The highest BCUT2D eigenvalue weighted by atomic mass is 16.5. The predicted molar refractivity (Wildman–Crippen MR) is 134 cm³/mol. The molecule has 184 valence electrons. The van der Waals surface area contributed by atoms with Crippen LogP contribution in [0.4, 0.5) is 0 Å². The van der Waals surface area contributed by atoms with Gasteiger partial charge in [0, 0.05) is 24.7 Å². The summed E-state index contributed by atoms with van der Waals surface area (Å²) in [5.41, 5.74) is 3.55. The molecule has 0 bridgehead atoms. The average molecular weight is 465 g/mol.